The van der Waals surface area contributed by atoms with E-state index in [2.05, 4.69) is 20.6 Å². The Hall–Kier alpha value is -3.81. The molecule has 0 saturated heterocycles. The SMILES string of the molecule is COc1cc(OC)cc(C(=O)Nc2ccc(Nc3cc(OC(C)C)nc(C)n3)cc2)c1. The third-order valence-electron chi connectivity index (χ3n) is 4.20. The van der Waals surface area contributed by atoms with Crippen molar-refractivity contribution in [1.29, 1.82) is 0 Å². The van der Waals surface area contributed by atoms with Crippen LogP contribution < -0.4 is 24.8 Å². The van der Waals surface area contributed by atoms with Crippen LogP contribution in [0.5, 0.6) is 17.4 Å². The Bertz CT molecular complexity index is 1030. The molecular formula is C23H26N4O4. The predicted molar refractivity (Wildman–Crippen MR) is 120 cm³/mol. The summed E-state index contributed by atoms with van der Waals surface area (Å²) in [5.41, 5.74) is 1.90. The van der Waals surface area contributed by atoms with Crippen molar-refractivity contribution in [3.05, 3.63) is 59.9 Å². The fraction of sp³-hybridized carbons (Fsp3) is 0.261. The van der Waals surface area contributed by atoms with Crippen LogP contribution in [0, 0.1) is 6.92 Å². The predicted octanol–water partition coefficient (Wildman–Crippen LogP) is 4.59. The van der Waals surface area contributed by atoms with Crippen LogP contribution in [0.4, 0.5) is 17.2 Å². The van der Waals surface area contributed by atoms with Gasteiger partial charge in [-0.3, -0.25) is 4.79 Å². The zero-order chi connectivity index (χ0) is 22.4. The topological polar surface area (TPSA) is 94.6 Å². The molecule has 0 aliphatic carbocycles. The average Bonchev–Trinajstić information content (AvgIpc) is 2.73. The summed E-state index contributed by atoms with van der Waals surface area (Å²) in [6.07, 6.45) is 0.0228. The van der Waals surface area contributed by atoms with Crippen molar-refractivity contribution in [2.75, 3.05) is 24.9 Å². The van der Waals surface area contributed by atoms with Gasteiger partial charge in [0.15, 0.2) is 0 Å². The lowest BCUT2D eigenvalue weighted by Gasteiger charge is -2.12. The van der Waals surface area contributed by atoms with E-state index in [1.54, 1.807) is 50.6 Å². The molecule has 1 aromatic heterocycles. The fourth-order valence-electron chi connectivity index (χ4n) is 2.83. The smallest absolute Gasteiger partial charge is 0.255 e. The van der Waals surface area contributed by atoms with Gasteiger partial charge in [0.05, 0.1) is 20.3 Å². The molecular weight excluding hydrogens is 396 g/mol. The number of aromatic nitrogens is 2. The third-order valence-corrected chi connectivity index (χ3v) is 4.20. The zero-order valence-electron chi connectivity index (χ0n) is 18.2. The van der Waals surface area contributed by atoms with E-state index in [1.807, 2.05) is 32.9 Å². The highest BCUT2D eigenvalue weighted by atomic mass is 16.5. The summed E-state index contributed by atoms with van der Waals surface area (Å²) in [7, 11) is 3.08. The van der Waals surface area contributed by atoms with Crippen molar-refractivity contribution in [3.63, 3.8) is 0 Å². The Morgan fingerprint density at radius 1 is 0.903 bits per heavy atom. The first-order chi connectivity index (χ1) is 14.9. The standard InChI is InChI=1S/C23H26N4O4/c1-14(2)31-22-13-21(24-15(3)25-22)26-17-6-8-18(9-7-17)27-23(28)16-10-19(29-4)12-20(11-16)30-5/h6-14H,1-5H3,(H,27,28)(H,24,25,26). The maximum absolute atomic E-state index is 12.6. The van der Waals surface area contributed by atoms with Gasteiger partial charge >= 0.3 is 0 Å². The van der Waals surface area contributed by atoms with Crippen LogP contribution in [0.15, 0.2) is 48.5 Å². The van der Waals surface area contributed by atoms with Crippen molar-refractivity contribution >= 4 is 23.1 Å². The molecule has 31 heavy (non-hydrogen) atoms. The lowest BCUT2D eigenvalue weighted by molar-refractivity contribution is 0.102. The molecule has 8 heteroatoms. The molecule has 2 aromatic carbocycles. The molecule has 0 saturated carbocycles. The van der Waals surface area contributed by atoms with Crippen LogP contribution in [0.2, 0.25) is 0 Å². The molecule has 0 atom stereocenters. The molecule has 0 spiro atoms. The van der Waals surface area contributed by atoms with Crippen molar-refractivity contribution in [2.24, 2.45) is 0 Å². The second-order valence-electron chi connectivity index (χ2n) is 7.06. The number of carbonyl (C=O) groups excluding carboxylic acids is 1. The summed E-state index contributed by atoms with van der Waals surface area (Å²) in [6, 6.07) is 14.1. The Morgan fingerprint density at radius 3 is 2.10 bits per heavy atom. The number of anilines is 3. The number of hydrogen-bond acceptors (Lipinski definition) is 7. The number of rotatable bonds is 8. The highest BCUT2D eigenvalue weighted by molar-refractivity contribution is 6.04. The van der Waals surface area contributed by atoms with Gasteiger partial charge in [0, 0.05) is 29.1 Å². The first kappa shape index (κ1) is 21.9. The maximum Gasteiger partial charge on any atom is 0.255 e. The Kier molecular flexibility index (Phi) is 6.92. The quantitative estimate of drug-likeness (QED) is 0.548. The van der Waals surface area contributed by atoms with Gasteiger partial charge in [0.1, 0.15) is 23.1 Å². The lowest BCUT2D eigenvalue weighted by Crippen LogP contribution is -2.12. The van der Waals surface area contributed by atoms with Gasteiger partial charge in [-0.15, -0.1) is 0 Å². The summed E-state index contributed by atoms with van der Waals surface area (Å²) < 4.78 is 16.1. The summed E-state index contributed by atoms with van der Waals surface area (Å²) in [5, 5.41) is 6.09. The van der Waals surface area contributed by atoms with Gasteiger partial charge in [-0.1, -0.05) is 0 Å². The molecule has 0 aliphatic heterocycles. The number of amides is 1. The van der Waals surface area contributed by atoms with Gasteiger partial charge in [-0.25, -0.2) is 4.98 Å². The number of aryl methyl sites for hydroxylation is 1. The Balaban J connectivity index is 1.70. The minimum atomic E-state index is -0.264. The van der Waals surface area contributed by atoms with Gasteiger partial charge in [0.2, 0.25) is 5.88 Å². The van der Waals surface area contributed by atoms with E-state index in [-0.39, 0.29) is 12.0 Å². The molecule has 2 N–H and O–H groups in total. The maximum atomic E-state index is 12.6. The second-order valence-corrected chi connectivity index (χ2v) is 7.06. The van der Waals surface area contributed by atoms with E-state index in [9.17, 15) is 4.79 Å². The summed E-state index contributed by atoms with van der Waals surface area (Å²) in [4.78, 5) is 21.3. The first-order valence-corrected chi connectivity index (χ1v) is 9.80. The van der Waals surface area contributed by atoms with Crippen LogP contribution >= 0.6 is 0 Å². The first-order valence-electron chi connectivity index (χ1n) is 9.80. The van der Waals surface area contributed by atoms with Gasteiger partial charge in [-0.05, 0) is 57.2 Å². The lowest BCUT2D eigenvalue weighted by atomic mass is 10.1. The largest absolute Gasteiger partial charge is 0.497 e. The molecule has 1 heterocycles. The Labute approximate surface area is 181 Å². The molecule has 3 rings (SSSR count). The fourth-order valence-corrected chi connectivity index (χ4v) is 2.83. The molecule has 8 nitrogen and oxygen atoms in total. The van der Waals surface area contributed by atoms with Crippen molar-refractivity contribution < 1.29 is 19.0 Å². The molecule has 0 radical (unpaired) electrons. The number of nitrogens with one attached hydrogen (secondary N) is 2. The summed E-state index contributed by atoms with van der Waals surface area (Å²) in [5.74, 6) is 2.58. The van der Waals surface area contributed by atoms with Crippen molar-refractivity contribution in [2.45, 2.75) is 26.9 Å². The number of benzene rings is 2. The number of methoxy groups -OCH3 is 2. The van der Waals surface area contributed by atoms with E-state index >= 15 is 0 Å². The van der Waals surface area contributed by atoms with Crippen molar-refractivity contribution in [3.8, 4) is 17.4 Å². The monoisotopic (exact) mass is 422 g/mol. The van der Waals surface area contributed by atoms with Gasteiger partial charge in [0.25, 0.3) is 5.91 Å². The van der Waals surface area contributed by atoms with Crippen LogP contribution in [0.3, 0.4) is 0 Å². The number of nitrogens with zero attached hydrogens (tertiary/aromatic N) is 2. The zero-order valence-corrected chi connectivity index (χ0v) is 18.2. The molecule has 1 amide bonds. The van der Waals surface area contributed by atoms with Crippen LogP contribution in [0.25, 0.3) is 0 Å². The average molecular weight is 422 g/mol. The number of carbonyl (C=O) groups is 1. The van der Waals surface area contributed by atoms with Crippen LogP contribution in [-0.4, -0.2) is 36.2 Å². The van der Waals surface area contributed by atoms with E-state index in [0.29, 0.717) is 40.3 Å². The minimum Gasteiger partial charge on any atom is -0.497 e. The molecule has 0 fully saturated rings. The normalized spacial score (nSPS) is 10.5. The van der Waals surface area contributed by atoms with E-state index in [1.165, 1.54) is 0 Å². The molecule has 3 aromatic rings. The van der Waals surface area contributed by atoms with Gasteiger partial charge < -0.3 is 24.8 Å². The van der Waals surface area contributed by atoms with Crippen LogP contribution in [0.1, 0.15) is 30.0 Å². The molecule has 0 unspecified atom stereocenters. The highest BCUT2D eigenvalue weighted by Crippen LogP contribution is 2.24. The van der Waals surface area contributed by atoms with Crippen LogP contribution in [-0.2, 0) is 0 Å². The highest BCUT2D eigenvalue weighted by Gasteiger charge is 2.11. The second kappa shape index (κ2) is 9.80. The van der Waals surface area contributed by atoms with Gasteiger partial charge in [-0.2, -0.15) is 4.98 Å². The summed E-state index contributed by atoms with van der Waals surface area (Å²) >= 11 is 0. The number of hydrogen-bond donors (Lipinski definition) is 2. The van der Waals surface area contributed by atoms with Crippen molar-refractivity contribution in [1.82, 2.24) is 9.97 Å². The minimum absolute atomic E-state index is 0.0228. The van der Waals surface area contributed by atoms with E-state index in [4.69, 9.17) is 14.2 Å². The number of ether oxygens (including phenoxy) is 3. The molecule has 162 valence electrons. The third kappa shape index (κ3) is 6.08. The van der Waals surface area contributed by atoms with E-state index in [0.717, 1.165) is 5.69 Å². The molecule has 0 bridgehead atoms. The Morgan fingerprint density at radius 2 is 1.52 bits per heavy atom. The van der Waals surface area contributed by atoms with E-state index < -0.39 is 0 Å². The summed E-state index contributed by atoms with van der Waals surface area (Å²) in [6.45, 7) is 5.70. The molecule has 0 aliphatic rings.